The van der Waals surface area contributed by atoms with Crippen LogP contribution in [-0.2, 0) is 24.2 Å². The number of hydrogen-bond acceptors (Lipinski definition) is 3. The summed E-state index contributed by atoms with van der Waals surface area (Å²) >= 11 is -1.89. The Bertz CT molecular complexity index is 543. The fourth-order valence-electron chi connectivity index (χ4n) is 2.80. The van der Waals surface area contributed by atoms with E-state index in [0.29, 0.717) is 6.54 Å². The highest BCUT2D eigenvalue weighted by atomic mass is 32.2. The molecule has 1 heterocycles. The van der Waals surface area contributed by atoms with Gasteiger partial charge in [0.15, 0.2) is 0 Å². The predicted molar refractivity (Wildman–Crippen MR) is 119 cm³/mol. The van der Waals surface area contributed by atoms with Crippen LogP contribution in [0, 0.1) is 6.92 Å². The zero-order chi connectivity index (χ0) is 20.7. The lowest BCUT2D eigenvalue weighted by molar-refractivity contribution is 0.248. The molecule has 2 rings (SSSR count). The van der Waals surface area contributed by atoms with Gasteiger partial charge in [-0.05, 0) is 55.5 Å². The molecular formula is C21H42N2O3S. The third-order valence-electron chi connectivity index (χ3n) is 4.44. The van der Waals surface area contributed by atoms with Crippen LogP contribution in [0.1, 0.15) is 71.5 Å². The molecule has 1 aliphatic heterocycles. The Kier molecular flexibility index (Phi) is 15.5. The molecule has 1 aliphatic rings. The van der Waals surface area contributed by atoms with Crippen molar-refractivity contribution in [2.45, 2.75) is 73.3 Å². The first-order valence-corrected chi connectivity index (χ1v) is 11.4. The summed E-state index contributed by atoms with van der Waals surface area (Å²) in [4.78, 5) is 2.44. The number of rotatable bonds is 8. The van der Waals surface area contributed by atoms with Crippen LogP contribution in [0.2, 0.25) is 0 Å². The Morgan fingerprint density at radius 3 is 2.44 bits per heavy atom. The van der Waals surface area contributed by atoms with E-state index in [9.17, 15) is 4.21 Å². The minimum Gasteiger partial charge on any atom is -0.496 e. The van der Waals surface area contributed by atoms with Crippen molar-refractivity contribution in [3.05, 3.63) is 28.8 Å². The van der Waals surface area contributed by atoms with E-state index in [1.54, 1.807) is 7.11 Å². The SMILES string of the molecule is CC.CCCC.COc1cc2c(cc1C)CCN(CCCCNS(=O)O)C2.[HH]. The molecule has 0 bridgehead atoms. The highest BCUT2D eigenvalue weighted by Crippen LogP contribution is 2.27. The van der Waals surface area contributed by atoms with E-state index in [0.717, 1.165) is 44.6 Å². The average Bonchev–Trinajstić information content (AvgIpc) is 2.68. The minimum absolute atomic E-state index is 0. The topological polar surface area (TPSA) is 61.8 Å². The highest BCUT2D eigenvalue weighted by Gasteiger charge is 2.17. The molecule has 0 amide bonds. The second-order valence-electron chi connectivity index (χ2n) is 6.47. The van der Waals surface area contributed by atoms with E-state index < -0.39 is 11.3 Å². The zero-order valence-corrected chi connectivity index (χ0v) is 19.0. The molecule has 0 aliphatic carbocycles. The maximum absolute atomic E-state index is 10.5. The molecule has 27 heavy (non-hydrogen) atoms. The second-order valence-corrected chi connectivity index (χ2v) is 7.25. The van der Waals surface area contributed by atoms with E-state index >= 15 is 0 Å². The molecule has 0 spiro atoms. The van der Waals surface area contributed by atoms with E-state index in [-0.39, 0.29) is 1.43 Å². The van der Waals surface area contributed by atoms with Crippen molar-refractivity contribution in [1.29, 1.82) is 0 Å². The van der Waals surface area contributed by atoms with Gasteiger partial charge >= 0.3 is 0 Å². The van der Waals surface area contributed by atoms with Gasteiger partial charge in [-0.2, -0.15) is 0 Å². The Balaban J connectivity index is 0. The van der Waals surface area contributed by atoms with Crippen LogP contribution in [0.4, 0.5) is 0 Å². The van der Waals surface area contributed by atoms with Gasteiger partial charge < -0.3 is 4.74 Å². The fourth-order valence-corrected chi connectivity index (χ4v) is 3.12. The quantitative estimate of drug-likeness (QED) is 0.477. The van der Waals surface area contributed by atoms with Crippen LogP contribution in [0.15, 0.2) is 12.1 Å². The number of ether oxygens (including phenoxy) is 1. The van der Waals surface area contributed by atoms with E-state index in [1.165, 1.54) is 29.5 Å². The van der Waals surface area contributed by atoms with Gasteiger partial charge in [0.1, 0.15) is 5.75 Å². The van der Waals surface area contributed by atoms with Crippen LogP contribution in [0.5, 0.6) is 5.75 Å². The molecule has 160 valence electrons. The lowest BCUT2D eigenvalue weighted by atomic mass is 9.97. The summed E-state index contributed by atoms with van der Waals surface area (Å²) in [6.07, 6.45) is 5.66. The van der Waals surface area contributed by atoms with Gasteiger partial charge in [-0.1, -0.05) is 46.6 Å². The number of nitrogens with one attached hydrogen (secondary N) is 1. The molecule has 2 N–H and O–H groups in total. The normalized spacial score (nSPS) is 14.2. The van der Waals surface area contributed by atoms with Crippen molar-refractivity contribution in [2.75, 3.05) is 26.7 Å². The standard InChI is InChI=1S/C15H24N2O3S.C4H10.C2H6.H2/c1-12-9-13-5-8-17(7-4-3-6-16-21(18)19)11-14(13)10-15(12)20-2;1-3-4-2;1-2;/h9-10,16H,3-8,11H2,1-2H3,(H,18,19);3-4H2,1-2H3;1-2H3;1H. The molecule has 0 saturated heterocycles. The first-order chi connectivity index (χ1) is 13.0. The van der Waals surface area contributed by atoms with Gasteiger partial charge in [-0.15, -0.1) is 0 Å². The van der Waals surface area contributed by atoms with E-state index in [2.05, 4.69) is 42.5 Å². The van der Waals surface area contributed by atoms with Gasteiger partial charge in [0.2, 0.25) is 11.3 Å². The third kappa shape index (κ3) is 10.8. The van der Waals surface area contributed by atoms with Gasteiger partial charge in [0.25, 0.3) is 0 Å². The summed E-state index contributed by atoms with van der Waals surface area (Å²) in [6, 6.07) is 4.40. The monoisotopic (exact) mass is 402 g/mol. The van der Waals surface area contributed by atoms with Crippen LogP contribution < -0.4 is 9.46 Å². The second kappa shape index (κ2) is 16.0. The fraction of sp³-hybridized carbons (Fsp3) is 0.714. The number of aryl methyl sites for hydroxylation is 1. The van der Waals surface area contributed by atoms with Gasteiger partial charge in [-0.3, -0.25) is 9.45 Å². The third-order valence-corrected chi connectivity index (χ3v) is 4.89. The Hall–Kier alpha value is -0.950. The number of methoxy groups -OCH3 is 1. The summed E-state index contributed by atoms with van der Waals surface area (Å²) in [5, 5.41) is 0. The van der Waals surface area contributed by atoms with Crippen molar-refractivity contribution in [1.82, 2.24) is 9.62 Å². The van der Waals surface area contributed by atoms with Crippen LogP contribution in [0.3, 0.4) is 0 Å². The molecule has 6 heteroatoms. The Morgan fingerprint density at radius 2 is 1.89 bits per heavy atom. The first-order valence-electron chi connectivity index (χ1n) is 10.2. The maximum atomic E-state index is 10.5. The highest BCUT2D eigenvalue weighted by molar-refractivity contribution is 7.77. The number of benzene rings is 1. The molecule has 1 aromatic rings. The zero-order valence-electron chi connectivity index (χ0n) is 18.1. The maximum Gasteiger partial charge on any atom is 0.231 e. The molecule has 0 saturated carbocycles. The van der Waals surface area contributed by atoms with E-state index in [1.807, 2.05) is 13.8 Å². The number of hydrogen-bond donors (Lipinski definition) is 2. The molecule has 5 nitrogen and oxygen atoms in total. The van der Waals surface area contributed by atoms with Crippen LogP contribution in [0.25, 0.3) is 0 Å². The van der Waals surface area contributed by atoms with Crippen LogP contribution in [-0.4, -0.2) is 40.4 Å². The molecule has 1 aromatic carbocycles. The van der Waals surface area contributed by atoms with Crippen molar-refractivity contribution in [3.8, 4) is 5.75 Å². The lowest BCUT2D eigenvalue weighted by Crippen LogP contribution is -2.32. The molecule has 0 aromatic heterocycles. The predicted octanol–water partition coefficient (Wildman–Crippen LogP) is 4.95. The average molecular weight is 403 g/mol. The van der Waals surface area contributed by atoms with Crippen molar-refractivity contribution in [3.63, 3.8) is 0 Å². The molecule has 0 fully saturated rings. The van der Waals surface area contributed by atoms with E-state index in [4.69, 9.17) is 9.29 Å². The lowest BCUT2D eigenvalue weighted by Gasteiger charge is -2.29. The Morgan fingerprint density at radius 1 is 1.22 bits per heavy atom. The van der Waals surface area contributed by atoms with Crippen molar-refractivity contribution in [2.24, 2.45) is 0 Å². The largest absolute Gasteiger partial charge is 0.496 e. The summed E-state index contributed by atoms with van der Waals surface area (Å²) in [6.45, 7) is 14.1. The summed E-state index contributed by atoms with van der Waals surface area (Å²) in [5.41, 5.74) is 3.99. The summed E-state index contributed by atoms with van der Waals surface area (Å²) < 4.78 is 27.0. The Labute approximate surface area is 170 Å². The number of fused-ring (bicyclic) bond motifs is 1. The molecule has 1 unspecified atom stereocenters. The summed E-state index contributed by atoms with van der Waals surface area (Å²) in [7, 11) is 1.72. The van der Waals surface area contributed by atoms with Gasteiger partial charge in [0.05, 0.1) is 7.11 Å². The van der Waals surface area contributed by atoms with Gasteiger partial charge in [0, 0.05) is 21.1 Å². The molecular weight excluding hydrogens is 360 g/mol. The number of unbranched alkanes of at least 4 members (excludes halogenated alkanes) is 2. The van der Waals surface area contributed by atoms with Gasteiger partial charge in [-0.25, -0.2) is 8.93 Å². The molecule has 0 radical (unpaired) electrons. The number of nitrogens with zero attached hydrogens (tertiary/aromatic N) is 1. The van der Waals surface area contributed by atoms with Crippen LogP contribution >= 0.6 is 0 Å². The molecule has 1 atom stereocenters. The minimum atomic E-state index is -1.89. The summed E-state index contributed by atoms with van der Waals surface area (Å²) in [5.74, 6) is 0.963. The van der Waals surface area contributed by atoms with Crippen molar-refractivity contribution < 1.29 is 14.9 Å². The first kappa shape index (κ1) is 26.1. The smallest absolute Gasteiger partial charge is 0.231 e. The van der Waals surface area contributed by atoms with Crippen molar-refractivity contribution >= 4 is 11.3 Å².